The van der Waals surface area contributed by atoms with Crippen molar-refractivity contribution in [3.8, 4) is 0 Å². The molecule has 2 amide bonds. The number of esters is 1. The molecule has 1 aliphatic carbocycles. The van der Waals surface area contributed by atoms with Gasteiger partial charge in [0, 0.05) is 19.0 Å². The summed E-state index contributed by atoms with van der Waals surface area (Å²) in [6.07, 6.45) is 4.61. The van der Waals surface area contributed by atoms with E-state index in [1.165, 1.54) is 7.11 Å². The van der Waals surface area contributed by atoms with Crippen LogP contribution in [0.25, 0.3) is 0 Å². The van der Waals surface area contributed by atoms with Crippen molar-refractivity contribution in [2.24, 2.45) is 5.92 Å². The zero-order valence-electron chi connectivity index (χ0n) is 13.0. The third-order valence-electron chi connectivity index (χ3n) is 4.43. The van der Waals surface area contributed by atoms with Crippen molar-refractivity contribution in [2.45, 2.75) is 57.5 Å². The summed E-state index contributed by atoms with van der Waals surface area (Å²) in [7, 11) is 1.29. The third kappa shape index (κ3) is 3.36. The Bertz CT molecular complexity index is 441. The molecule has 6 heteroatoms. The Balaban J connectivity index is 1.95. The lowest BCUT2D eigenvalue weighted by Crippen LogP contribution is -2.52. The minimum Gasteiger partial charge on any atom is -0.467 e. The highest BCUT2D eigenvalue weighted by atomic mass is 16.5. The number of ether oxygens (including phenoxy) is 1. The van der Waals surface area contributed by atoms with Crippen molar-refractivity contribution in [3.05, 3.63) is 0 Å². The van der Waals surface area contributed by atoms with Crippen LogP contribution >= 0.6 is 0 Å². The maximum absolute atomic E-state index is 12.3. The monoisotopic (exact) mass is 296 g/mol. The molecule has 2 fully saturated rings. The minimum absolute atomic E-state index is 0.0536. The number of carbonyl (C=O) groups is 3. The number of rotatable bonds is 4. The second kappa shape index (κ2) is 6.03. The van der Waals surface area contributed by atoms with Gasteiger partial charge in [-0.3, -0.25) is 9.59 Å². The van der Waals surface area contributed by atoms with Crippen molar-refractivity contribution >= 4 is 17.8 Å². The van der Waals surface area contributed by atoms with E-state index in [1.807, 2.05) is 4.90 Å². The van der Waals surface area contributed by atoms with Gasteiger partial charge < -0.3 is 15.0 Å². The van der Waals surface area contributed by atoms with Crippen molar-refractivity contribution in [1.29, 1.82) is 0 Å². The molecule has 0 aromatic rings. The lowest BCUT2D eigenvalue weighted by atomic mass is 10.0. The first kappa shape index (κ1) is 15.8. The molecule has 2 rings (SSSR count). The fourth-order valence-electron chi connectivity index (χ4n) is 3.19. The molecule has 0 unspecified atom stereocenters. The quantitative estimate of drug-likeness (QED) is 0.780. The predicted octanol–water partition coefficient (Wildman–Crippen LogP) is 0.845. The minimum atomic E-state index is -1.07. The molecule has 1 N–H and O–H groups in total. The van der Waals surface area contributed by atoms with Gasteiger partial charge >= 0.3 is 5.97 Å². The first-order chi connectivity index (χ1) is 9.85. The summed E-state index contributed by atoms with van der Waals surface area (Å²) in [4.78, 5) is 37.8. The van der Waals surface area contributed by atoms with Crippen LogP contribution in [0.4, 0.5) is 0 Å². The Morgan fingerprint density at radius 1 is 1.29 bits per heavy atom. The number of nitrogens with one attached hydrogen (secondary N) is 1. The second-order valence-corrected chi connectivity index (χ2v) is 6.49. The van der Waals surface area contributed by atoms with Crippen LogP contribution in [-0.4, -0.2) is 47.9 Å². The van der Waals surface area contributed by atoms with Gasteiger partial charge in [-0.05, 0) is 26.7 Å². The molecule has 118 valence electrons. The van der Waals surface area contributed by atoms with Crippen LogP contribution in [0.2, 0.25) is 0 Å². The van der Waals surface area contributed by atoms with Crippen LogP contribution in [0.3, 0.4) is 0 Å². The van der Waals surface area contributed by atoms with E-state index < -0.39 is 11.5 Å². The number of amides is 2. The van der Waals surface area contributed by atoms with Crippen LogP contribution in [0.15, 0.2) is 0 Å². The van der Waals surface area contributed by atoms with Gasteiger partial charge in [0.1, 0.15) is 5.54 Å². The number of nitrogens with zero attached hydrogens (tertiary/aromatic N) is 1. The van der Waals surface area contributed by atoms with Gasteiger partial charge in [-0.1, -0.05) is 12.8 Å². The van der Waals surface area contributed by atoms with E-state index in [0.717, 1.165) is 25.7 Å². The highest BCUT2D eigenvalue weighted by Crippen LogP contribution is 2.29. The van der Waals surface area contributed by atoms with Gasteiger partial charge in [0.2, 0.25) is 11.8 Å². The first-order valence-corrected chi connectivity index (χ1v) is 7.55. The topological polar surface area (TPSA) is 75.7 Å². The normalized spacial score (nSPS) is 23.5. The zero-order chi connectivity index (χ0) is 15.6. The van der Waals surface area contributed by atoms with Gasteiger partial charge in [0.05, 0.1) is 13.0 Å². The standard InChI is InChI=1S/C15H24N2O4/c1-15(2,14(20)21-3)16-13(19)10-8-12(18)17(9-10)11-6-4-5-7-11/h10-11H,4-9H2,1-3H3,(H,16,19)/t10-/m0/s1. The summed E-state index contributed by atoms with van der Waals surface area (Å²) < 4.78 is 4.67. The lowest BCUT2D eigenvalue weighted by molar-refractivity contribution is -0.149. The summed E-state index contributed by atoms with van der Waals surface area (Å²) in [5.74, 6) is -1.06. The second-order valence-electron chi connectivity index (χ2n) is 6.49. The Morgan fingerprint density at radius 2 is 1.90 bits per heavy atom. The summed E-state index contributed by atoms with van der Waals surface area (Å²) in [6.45, 7) is 3.66. The molecule has 0 aromatic carbocycles. The van der Waals surface area contributed by atoms with Crippen LogP contribution < -0.4 is 5.32 Å². The Hall–Kier alpha value is -1.59. The van der Waals surface area contributed by atoms with E-state index in [-0.39, 0.29) is 24.2 Å². The van der Waals surface area contributed by atoms with Crippen molar-refractivity contribution < 1.29 is 19.1 Å². The molecular weight excluding hydrogens is 272 g/mol. The average Bonchev–Trinajstić information content (AvgIpc) is 3.05. The summed E-state index contributed by atoms with van der Waals surface area (Å²) in [6, 6.07) is 0.295. The Morgan fingerprint density at radius 3 is 2.48 bits per heavy atom. The molecular formula is C15H24N2O4. The van der Waals surface area contributed by atoms with E-state index >= 15 is 0 Å². The lowest BCUT2D eigenvalue weighted by Gasteiger charge is -2.26. The van der Waals surface area contributed by atoms with Gasteiger partial charge in [0.15, 0.2) is 0 Å². The maximum Gasteiger partial charge on any atom is 0.330 e. The molecule has 21 heavy (non-hydrogen) atoms. The largest absolute Gasteiger partial charge is 0.467 e. The molecule has 0 aromatic heterocycles. The SMILES string of the molecule is COC(=O)C(C)(C)NC(=O)[C@H]1CC(=O)N(C2CCCC2)C1. The first-order valence-electron chi connectivity index (χ1n) is 7.55. The van der Waals surface area contributed by atoms with Gasteiger partial charge in [-0.2, -0.15) is 0 Å². The van der Waals surface area contributed by atoms with Crippen molar-refractivity contribution in [3.63, 3.8) is 0 Å². The molecule has 6 nitrogen and oxygen atoms in total. The molecule has 1 saturated heterocycles. The van der Waals surface area contributed by atoms with E-state index in [4.69, 9.17) is 0 Å². The van der Waals surface area contributed by atoms with E-state index in [1.54, 1.807) is 13.8 Å². The molecule has 1 heterocycles. The molecule has 2 aliphatic rings. The highest BCUT2D eigenvalue weighted by molar-refractivity contribution is 5.92. The summed E-state index contributed by atoms with van der Waals surface area (Å²) >= 11 is 0. The van der Waals surface area contributed by atoms with Gasteiger partial charge in [0.25, 0.3) is 0 Å². The molecule has 1 atom stereocenters. The van der Waals surface area contributed by atoms with Crippen LogP contribution in [0.5, 0.6) is 0 Å². The molecule has 1 saturated carbocycles. The van der Waals surface area contributed by atoms with Crippen LogP contribution in [0.1, 0.15) is 46.0 Å². The maximum atomic E-state index is 12.3. The fraction of sp³-hybridized carbons (Fsp3) is 0.800. The zero-order valence-corrected chi connectivity index (χ0v) is 13.0. The summed E-state index contributed by atoms with van der Waals surface area (Å²) in [5, 5.41) is 2.69. The summed E-state index contributed by atoms with van der Waals surface area (Å²) in [5.41, 5.74) is -1.07. The smallest absolute Gasteiger partial charge is 0.330 e. The van der Waals surface area contributed by atoms with Crippen molar-refractivity contribution in [1.82, 2.24) is 10.2 Å². The van der Waals surface area contributed by atoms with E-state index in [9.17, 15) is 14.4 Å². The van der Waals surface area contributed by atoms with Crippen LogP contribution in [-0.2, 0) is 19.1 Å². The van der Waals surface area contributed by atoms with E-state index in [0.29, 0.717) is 12.6 Å². The van der Waals surface area contributed by atoms with Gasteiger partial charge in [-0.15, -0.1) is 0 Å². The molecule has 0 radical (unpaired) electrons. The van der Waals surface area contributed by atoms with E-state index in [2.05, 4.69) is 10.1 Å². The Kier molecular flexibility index (Phi) is 4.54. The molecule has 1 aliphatic heterocycles. The van der Waals surface area contributed by atoms with Gasteiger partial charge in [-0.25, -0.2) is 4.79 Å². The molecule has 0 bridgehead atoms. The van der Waals surface area contributed by atoms with Crippen LogP contribution in [0, 0.1) is 5.92 Å². The number of carbonyl (C=O) groups excluding carboxylic acids is 3. The number of hydrogen-bond acceptors (Lipinski definition) is 4. The predicted molar refractivity (Wildman–Crippen MR) is 76.3 cm³/mol. The fourth-order valence-corrected chi connectivity index (χ4v) is 3.19. The third-order valence-corrected chi connectivity index (χ3v) is 4.43. The highest BCUT2D eigenvalue weighted by Gasteiger charge is 2.41. The number of hydrogen-bond donors (Lipinski definition) is 1. The van der Waals surface area contributed by atoms with Crippen molar-refractivity contribution in [2.75, 3.05) is 13.7 Å². The Labute approximate surface area is 125 Å². The average molecular weight is 296 g/mol. The number of methoxy groups -OCH3 is 1. The molecule has 0 spiro atoms. The number of likely N-dealkylation sites (tertiary alicyclic amines) is 1.